The SMILES string of the molecule is Cc1cccc(C)c1.Nc1ccc2c(c1)C=NC2=O.Nc1ccc2c(c1)C=NC2=O. The molecular weight excluding hydrogens is 376 g/mol. The number of nitrogens with zero attached hydrogens (tertiary/aromatic N) is 2. The van der Waals surface area contributed by atoms with Crippen molar-refractivity contribution in [3.63, 3.8) is 0 Å². The van der Waals surface area contributed by atoms with Crippen LogP contribution in [0, 0.1) is 13.8 Å². The zero-order valence-corrected chi connectivity index (χ0v) is 16.8. The van der Waals surface area contributed by atoms with Gasteiger partial charge in [0.2, 0.25) is 0 Å². The first kappa shape index (κ1) is 20.7. The van der Waals surface area contributed by atoms with Gasteiger partial charge in [0.1, 0.15) is 0 Å². The summed E-state index contributed by atoms with van der Waals surface area (Å²) < 4.78 is 0. The van der Waals surface area contributed by atoms with E-state index in [-0.39, 0.29) is 11.8 Å². The number of rotatable bonds is 0. The van der Waals surface area contributed by atoms with E-state index in [0.29, 0.717) is 22.5 Å². The minimum absolute atomic E-state index is 0.181. The van der Waals surface area contributed by atoms with Gasteiger partial charge in [-0.25, -0.2) is 9.98 Å². The molecule has 0 fully saturated rings. The molecule has 30 heavy (non-hydrogen) atoms. The van der Waals surface area contributed by atoms with Crippen LogP contribution in [0.4, 0.5) is 11.4 Å². The van der Waals surface area contributed by atoms with Gasteiger partial charge in [0, 0.05) is 34.9 Å². The Bertz CT molecular complexity index is 1090. The van der Waals surface area contributed by atoms with Crippen LogP contribution in [0.3, 0.4) is 0 Å². The molecule has 3 aromatic carbocycles. The molecule has 0 saturated heterocycles. The number of fused-ring (bicyclic) bond motifs is 2. The van der Waals surface area contributed by atoms with Crippen LogP contribution in [0.15, 0.2) is 70.6 Å². The molecule has 0 aromatic heterocycles. The lowest BCUT2D eigenvalue weighted by Crippen LogP contribution is -1.93. The molecule has 2 aliphatic heterocycles. The standard InChI is InChI=1S/2C8H6N2O.C8H10/c2*9-6-1-2-7-5(3-6)4-10-8(7)11;1-7-4-3-5-8(2)6-7/h2*1-4H,9H2;3-6H,1-2H3. The van der Waals surface area contributed by atoms with Crippen LogP contribution in [0.2, 0.25) is 0 Å². The summed E-state index contributed by atoms with van der Waals surface area (Å²) in [6.45, 7) is 4.21. The molecule has 3 aromatic rings. The molecule has 6 heteroatoms. The Labute approximate surface area is 175 Å². The third kappa shape index (κ3) is 5.05. The number of amides is 2. The number of hydrogen-bond acceptors (Lipinski definition) is 4. The fourth-order valence-corrected chi connectivity index (χ4v) is 2.97. The van der Waals surface area contributed by atoms with Gasteiger partial charge in [0.25, 0.3) is 11.8 Å². The zero-order chi connectivity index (χ0) is 21.7. The lowest BCUT2D eigenvalue weighted by Gasteiger charge is -1.95. The van der Waals surface area contributed by atoms with Crippen LogP contribution in [-0.2, 0) is 0 Å². The van der Waals surface area contributed by atoms with Crippen molar-refractivity contribution in [2.75, 3.05) is 11.5 Å². The van der Waals surface area contributed by atoms with Crippen molar-refractivity contribution in [2.24, 2.45) is 9.98 Å². The topological polar surface area (TPSA) is 111 Å². The Morgan fingerprint density at radius 1 is 0.633 bits per heavy atom. The molecule has 6 nitrogen and oxygen atoms in total. The highest BCUT2D eigenvalue weighted by atomic mass is 16.2. The van der Waals surface area contributed by atoms with E-state index in [1.54, 1.807) is 36.4 Å². The number of aliphatic imine (C=N–C) groups is 2. The summed E-state index contributed by atoms with van der Waals surface area (Å²) in [6, 6.07) is 18.7. The molecule has 5 rings (SSSR count). The summed E-state index contributed by atoms with van der Waals surface area (Å²) in [5.74, 6) is -0.361. The van der Waals surface area contributed by atoms with Gasteiger partial charge in [-0.2, -0.15) is 0 Å². The molecule has 0 aliphatic carbocycles. The van der Waals surface area contributed by atoms with Crippen LogP contribution < -0.4 is 11.5 Å². The van der Waals surface area contributed by atoms with Gasteiger partial charge < -0.3 is 11.5 Å². The Balaban J connectivity index is 0.000000130. The molecule has 0 bridgehead atoms. The Hall–Kier alpha value is -4.06. The summed E-state index contributed by atoms with van der Waals surface area (Å²) in [6.07, 6.45) is 3.07. The zero-order valence-electron chi connectivity index (χ0n) is 16.8. The summed E-state index contributed by atoms with van der Waals surface area (Å²) in [7, 11) is 0. The third-order valence-corrected chi connectivity index (χ3v) is 4.43. The van der Waals surface area contributed by atoms with E-state index in [1.807, 2.05) is 0 Å². The minimum Gasteiger partial charge on any atom is -0.399 e. The molecule has 2 aliphatic rings. The quantitative estimate of drug-likeness (QED) is 0.558. The highest BCUT2D eigenvalue weighted by molar-refractivity contribution is 6.13. The molecule has 4 N–H and O–H groups in total. The Kier molecular flexibility index (Phi) is 6.17. The van der Waals surface area contributed by atoms with Gasteiger partial charge in [-0.3, -0.25) is 9.59 Å². The number of nitrogen functional groups attached to an aromatic ring is 2. The average molecular weight is 398 g/mol. The van der Waals surface area contributed by atoms with Crippen LogP contribution >= 0.6 is 0 Å². The maximum atomic E-state index is 10.9. The monoisotopic (exact) mass is 398 g/mol. The van der Waals surface area contributed by atoms with Crippen LogP contribution in [0.25, 0.3) is 0 Å². The van der Waals surface area contributed by atoms with E-state index in [0.717, 1.165) is 11.1 Å². The van der Waals surface area contributed by atoms with E-state index in [2.05, 4.69) is 48.1 Å². The molecule has 0 radical (unpaired) electrons. The second-order valence-electron chi connectivity index (χ2n) is 6.98. The Morgan fingerprint density at radius 3 is 1.43 bits per heavy atom. The summed E-state index contributed by atoms with van der Waals surface area (Å²) >= 11 is 0. The summed E-state index contributed by atoms with van der Waals surface area (Å²) in [5.41, 5.74) is 17.9. The normalized spacial score (nSPS) is 12.5. The third-order valence-electron chi connectivity index (χ3n) is 4.43. The summed E-state index contributed by atoms with van der Waals surface area (Å²) in [5, 5.41) is 0. The first-order valence-electron chi connectivity index (χ1n) is 9.32. The highest BCUT2D eigenvalue weighted by Gasteiger charge is 2.14. The average Bonchev–Trinajstić information content (AvgIpc) is 3.25. The number of carbonyl (C=O) groups excluding carboxylic acids is 2. The van der Waals surface area contributed by atoms with E-state index < -0.39 is 0 Å². The maximum Gasteiger partial charge on any atom is 0.277 e. The molecule has 2 heterocycles. The predicted octanol–water partition coefficient (Wildman–Crippen LogP) is 3.99. The van der Waals surface area contributed by atoms with Crippen LogP contribution in [0.5, 0.6) is 0 Å². The van der Waals surface area contributed by atoms with Crippen molar-refractivity contribution in [1.82, 2.24) is 0 Å². The molecule has 150 valence electrons. The van der Waals surface area contributed by atoms with E-state index in [4.69, 9.17) is 11.5 Å². The number of hydrogen-bond donors (Lipinski definition) is 2. The highest BCUT2D eigenvalue weighted by Crippen LogP contribution is 2.17. The number of aryl methyl sites for hydroxylation is 2. The number of nitrogens with two attached hydrogens (primary N) is 2. The minimum atomic E-state index is -0.181. The van der Waals surface area contributed by atoms with Crippen LogP contribution in [0.1, 0.15) is 43.0 Å². The second kappa shape index (κ2) is 8.96. The van der Waals surface area contributed by atoms with E-state index >= 15 is 0 Å². The number of anilines is 2. The van der Waals surface area contributed by atoms with Crippen molar-refractivity contribution in [3.8, 4) is 0 Å². The molecule has 0 atom stereocenters. The summed E-state index contributed by atoms with van der Waals surface area (Å²) in [4.78, 5) is 29.1. The van der Waals surface area contributed by atoms with Gasteiger partial charge in [-0.05, 0) is 50.2 Å². The van der Waals surface area contributed by atoms with Crippen molar-refractivity contribution >= 4 is 35.6 Å². The fourth-order valence-electron chi connectivity index (χ4n) is 2.97. The van der Waals surface area contributed by atoms with Crippen molar-refractivity contribution in [2.45, 2.75) is 13.8 Å². The van der Waals surface area contributed by atoms with Gasteiger partial charge in [-0.15, -0.1) is 0 Å². The van der Waals surface area contributed by atoms with Crippen LogP contribution in [-0.4, -0.2) is 24.2 Å². The Morgan fingerprint density at radius 2 is 1.07 bits per heavy atom. The van der Waals surface area contributed by atoms with Crippen molar-refractivity contribution in [1.29, 1.82) is 0 Å². The van der Waals surface area contributed by atoms with E-state index in [9.17, 15) is 9.59 Å². The van der Waals surface area contributed by atoms with E-state index in [1.165, 1.54) is 23.6 Å². The fraction of sp³-hybridized carbons (Fsp3) is 0.0833. The van der Waals surface area contributed by atoms with Crippen molar-refractivity contribution in [3.05, 3.63) is 94.0 Å². The van der Waals surface area contributed by atoms with Gasteiger partial charge in [0.15, 0.2) is 0 Å². The number of carbonyl (C=O) groups is 2. The van der Waals surface area contributed by atoms with Gasteiger partial charge in [-0.1, -0.05) is 35.4 Å². The maximum absolute atomic E-state index is 10.9. The largest absolute Gasteiger partial charge is 0.399 e. The second-order valence-corrected chi connectivity index (χ2v) is 6.98. The van der Waals surface area contributed by atoms with Gasteiger partial charge in [0.05, 0.1) is 11.1 Å². The lowest BCUT2D eigenvalue weighted by atomic mass is 10.1. The molecule has 2 amide bonds. The number of benzene rings is 3. The van der Waals surface area contributed by atoms with Crippen molar-refractivity contribution < 1.29 is 9.59 Å². The van der Waals surface area contributed by atoms with Gasteiger partial charge >= 0.3 is 0 Å². The predicted molar refractivity (Wildman–Crippen MR) is 121 cm³/mol. The first-order chi connectivity index (χ1) is 14.3. The lowest BCUT2D eigenvalue weighted by molar-refractivity contribution is 0.0998. The smallest absolute Gasteiger partial charge is 0.277 e. The molecule has 0 unspecified atom stereocenters. The first-order valence-corrected chi connectivity index (χ1v) is 9.32. The molecule has 0 saturated carbocycles. The molecular formula is C24H22N4O2. The molecule has 0 spiro atoms.